The third kappa shape index (κ3) is 5.09. The second-order valence-corrected chi connectivity index (χ2v) is 9.14. The summed E-state index contributed by atoms with van der Waals surface area (Å²) in [5.74, 6) is 0.594. The van der Waals surface area contributed by atoms with Crippen molar-refractivity contribution in [1.29, 1.82) is 0 Å². The van der Waals surface area contributed by atoms with Crippen molar-refractivity contribution in [2.75, 3.05) is 0 Å². The molecular weight excluding hydrogens is 477 g/mol. The molecule has 1 aromatic heterocycles. The molecule has 0 bridgehead atoms. The molecule has 0 spiro atoms. The Morgan fingerprint density at radius 1 is 0.800 bits per heavy atom. The summed E-state index contributed by atoms with van der Waals surface area (Å²) >= 11 is 13.1. The number of fused-ring (bicyclic) bond motifs is 1. The topological polar surface area (TPSA) is 46.9 Å². The van der Waals surface area contributed by atoms with Crippen molar-refractivity contribution in [3.05, 3.63) is 136 Å². The fourth-order valence-electron chi connectivity index (χ4n) is 4.26. The van der Waals surface area contributed by atoms with Crippen LogP contribution in [0.5, 0.6) is 0 Å². The Bertz CT molecular complexity index is 1450. The van der Waals surface area contributed by atoms with Gasteiger partial charge in [0, 0.05) is 21.2 Å². The fourth-order valence-corrected chi connectivity index (χ4v) is 4.77. The maximum atomic E-state index is 13.2. The molecule has 0 aliphatic heterocycles. The molecule has 6 heteroatoms. The lowest BCUT2D eigenvalue weighted by molar-refractivity contribution is 0.0934. The first-order valence-corrected chi connectivity index (χ1v) is 12.1. The molecule has 1 N–H and O–H groups in total. The molecule has 1 heterocycles. The minimum Gasteiger partial charge on any atom is -0.342 e. The van der Waals surface area contributed by atoms with Gasteiger partial charge in [0.15, 0.2) is 0 Å². The Kier molecular flexibility index (Phi) is 6.84. The van der Waals surface area contributed by atoms with Crippen molar-refractivity contribution in [2.45, 2.75) is 19.0 Å². The second kappa shape index (κ2) is 10.3. The highest BCUT2D eigenvalue weighted by Gasteiger charge is 2.24. The summed E-state index contributed by atoms with van der Waals surface area (Å²) in [6.45, 7) is 0.431. The number of nitrogens with zero attached hydrogens (tertiary/aromatic N) is 2. The van der Waals surface area contributed by atoms with E-state index in [-0.39, 0.29) is 11.9 Å². The van der Waals surface area contributed by atoms with E-state index in [1.807, 2.05) is 78.9 Å². The van der Waals surface area contributed by atoms with Crippen LogP contribution in [-0.4, -0.2) is 15.5 Å². The Morgan fingerprint density at radius 3 is 2.14 bits per heavy atom. The third-order valence-corrected chi connectivity index (χ3v) is 6.71. The Morgan fingerprint density at radius 2 is 1.43 bits per heavy atom. The largest absolute Gasteiger partial charge is 0.342 e. The van der Waals surface area contributed by atoms with Crippen molar-refractivity contribution in [3.8, 4) is 0 Å². The standard InChI is InChI=1S/C29H23Cl2N3O/c30-23-14-9-15-24(31)22(23)19-34-27-17-8-7-16-25(27)32-28(34)26(18-20-10-3-1-4-11-20)33-29(35)21-12-5-2-6-13-21/h1-17,26H,18-19H2,(H,33,35)/t26-/m1/s1. The van der Waals surface area contributed by atoms with Crippen molar-refractivity contribution in [1.82, 2.24) is 14.9 Å². The van der Waals surface area contributed by atoms with Crippen LogP contribution in [0.2, 0.25) is 10.0 Å². The molecule has 1 atom stereocenters. The van der Waals surface area contributed by atoms with Crippen LogP contribution in [0.4, 0.5) is 0 Å². The SMILES string of the molecule is O=C(N[C@H](Cc1ccccc1)c1nc2ccccc2n1Cc1c(Cl)cccc1Cl)c1ccccc1. The maximum Gasteiger partial charge on any atom is 0.251 e. The van der Waals surface area contributed by atoms with Crippen LogP contribution in [0.25, 0.3) is 11.0 Å². The van der Waals surface area contributed by atoms with Crippen molar-refractivity contribution < 1.29 is 4.79 Å². The molecule has 0 unspecified atom stereocenters. The number of para-hydroxylation sites is 2. The van der Waals surface area contributed by atoms with Crippen molar-refractivity contribution in [3.63, 3.8) is 0 Å². The van der Waals surface area contributed by atoms with E-state index in [9.17, 15) is 4.79 Å². The first-order valence-electron chi connectivity index (χ1n) is 11.4. The lowest BCUT2D eigenvalue weighted by Gasteiger charge is -2.21. The summed E-state index contributed by atoms with van der Waals surface area (Å²) in [4.78, 5) is 18.2. The highest BCUT2D eigenvalue weighted by molar-refractivity contribution is 6.36. The molecule has 1 amide bonds. The van der Waals surface area contributed by atoms with Gasteiger partial charge >= 0.3 is 0 Å². The number of benzene rings is 4. The monoisotopic (exact) mass is 499 g/mol. The first kappa shape index (κ1) is 23.2. The van der Waals surface area contributed by atoms with Gasteiger partial charge in [0.05, 0.1) is 23.6 Å². The van der Waals surface area contributed by atoms with Crippen LogP contribution in [0.1, 0.15) is 33.4 Å². The highest BCUT2D eigenvalue weighted by Crippen LogP contribution is 2.30. The normalized spacial score (nSPS) is 11.9. The molecule has 5 rings (SSSR count). The number of imidazole rings is 1. The molecular formula is C29H23Cl2N3O. The van der Waals surface area contributed by atoms with Gasteiger partial charge in [0.25, 0.3) is 5.91 Å². The number of aromatic nitrogens is 2. The molecule has 35 heavy (non-hydrogen) atoms. The van der Waals surface area contributed by atoms with E-state index in [0.717, 1.165) is 28.0 Å². The Labute approximate surface area is 214 Å². The molecule has 0 aliphatic rings. The van der Waals surface area contributed by atoms with Gasteiger partial charge in [0.2, 0.25) is 0 Å². The summed E-state index contributed by atoms with van der Waals surface area (Å²) in [5, 5.41) is 4.41. The van der Waals surface area contributed by atoms with Crippen LogP contribution in [0.3, 0.4) is 0 Å². The molecule has 0 aliphatic carbocycles. The van der Waals surface area contributed by atoms with Gasteiger partial charge < -0.3 is 9.88 Å². The van der Waals surface area contributed by atoms with E-state index in [0.29, 0.717) is 28.6 Å². The van der Waals surface area contributed by atoms with Gasteiger partial charge in [0.1, 0.15) is 5.82 Å². The van der Waals surface area contributed by atoms with Gasteiger partial charge in [-0.2, -0.15) is 0 Å². The molecule has 0 radical (unpaired) electrons. The number of halogens is 2. The third-order valence-electron chi connectivity index (χ3n) is 6.00. The maximum absolute atomic E-state index is 13.2. The minimum absolute atomic E-state index is 0.152. The van der Waals surface area contributed by atoms with Crippen molar-refractivity contribution in [2.24, 2.45) is 0 Å². The summed E-state index contributed by atoms with van der Waals surface area (Å²) in [7, 11) is 0. The van der Waals surface area contributed by atoms with Gasteiger partial charge in [-0.05, 0) is 48.4 Å². The second-order valence-electron chi connectivity index (χ2n) is 8.33. The molecule has 0 saturated heterocycles. The zero-order chi connectivity index (χ0) is 24.2. The van der Waals surface area contributed by atoms with E-state index in [1.165, 1.54) is 0 Å². The number of carbonyl (C=O) groups excluding carboxylic acids is 1. The zero-order valence-corrected chi connectivity index (χ0v) is 20.4. The predicted octanol–water partition coefficient (Wildman–Crippen LogP) is 7.11. The quantitative estimate of drug-likeness (QED) is 0.259. The zero-order valence-electron chi connectivity index (χ0n) is 18.9. The van der Waals surface area contributed by atoms with Gasteiger partial charge in [-0.25, -0.2) is 4.98 Å². The van der Waals surface area contributed by atoms with E-state index in [4.69, 9.17) is 28.2 Å². The number of hydrogen-bond donors (Lipinski definition) is 1. The minimum atomic E-state index is -0.376. The van der Waals surface area contributed by atoms with Crippen LogP contribution >= 0.6 is 23.2 Å². The van der Waals surface area contributed by atoms with E-state index < -0.39 is 0 Å². The van der Waals surface area contributed by atoms with Gasteiger partial charge in [-0.15, -0.1) is 0 Å². The lowest BCUT2D eigenvalue weighted by Crippen LogP contribution is -2.32. The van der Waals surface area contributed by atoms with E-state index >= 15 is 0 Å². The Hall–Kier alpha value is -3.60. The van der Waals surface area contributed by atoms with Crippen LogP contribution in [0, 0.1) is 0 Å². The van der Waals surface area contributed by atoms with Crippen LogP contribution in [-0.2, 0) is 13.0 Å². The van der Waals surface area contributed by atoms with Gasteiger partial charge in [-0.1, -0.05) is 89.9 Å². The lowest BCUT2D eigenvalue weighted by atomic mass is 10.0. The van der Waals surface area contributed by atoms with E-state index in [1.54, 1.807) is 12.1 Å². The predicted molar refractivity (Wildman–Crippen MR) is 142 cm³/mol. The smallest absolute Gasteiger partial charge is 0.251 e. The first-order chi connectivity index (χ1) is 17.1. The summed E-state index contributed by atoms with van der Waals surface area (Å²) in [6, 6.07) is 32.4. The molecule has 5 aromatic rings. The molecule has 0 fully saturated rings. The average molecular weight is 500 g/mol. The molecule has 4 nitrogen and oxygen atoms in total. The average Bonchev–Trinajstić information content (AvgIpc) is 3.25. The molecule has 0 saturated carbocycles. The van der Waals surface area contributed by atoms with Crippen LogP contribution in [0.15, 0.2) is 103 Å². The summed E-state index contributed by atoms with van der Waals surface area (Å²) < 4.78 is 2.10. The summed E-state index contributed by atoms with van der Waals surface area (Å²) in [6.07, 6.45) is 0.582. The van der Waals surface area contributed by atoms with Crippen molar-refractivity contribution >= 4 is 40.1 Å². The highest BCUT2D eigenvalue weighted by atomic mass is 35.5. The number of rotatable bonds is 7. The number of nitrogens with one attached hydrogen (secondary N) is 1. The fraction of sp³-hybridized carbons (Fsp3) is 0.103. The number of carbonyl (C=O) groups is 1. The van der Waals surface area contributed by atoms with Gasteiger partial charge in [-0.3, -0.25) is 4.79 Å². The number of hydrogen-bond acceptors (Lipinski definition) is 2. The Balaban J connectivity index is 1.61. The van der Waals surface area contributed by atoms with E-state index in [2.05, 4.69) is 22.0 Å². The van der Waals surface area contributed by atoms with Crippen LogP contribution < -0.4 is 5.32 Å². The molecule has 174 valence electrons. The number of amides is 1. The molecule has 4 aromatic carbocycles. The summed E-state index contributed by atoms with van der Waals surface area (Å²) in [5.41, 5.74) is 4.30.